The third-order valence-electron chi connectivity index (χ3n) is 10.5. The molecule has 2 nitrogen and oxygen atoms in total. The van der Waals surface area contributed by atoms with Crippen LogP contribution in [0.2, 0.25) is 0 Å². The van der Waals surface area contributed by atoms with E-state index in [1.54, 1.807) is 0 Å². The maximum Gasteiger partial charge on any atom is 0.285 e. The van der Waals surface area contributed by atoms with Crippen LogP contribution in [0.5, 0.6) is 0 Å². The summed E-state index contributed by atoms with van der Waals surface area (Å²) >= 11 is 0. The predicted octanol–water partition coefficient (Wildman–Crippen LogP) is 10.3. The van der Waals surface area contributed by atoms with Gasteiger partial charge >= 0.3 is 0 Å². The van der Waals surface area contributed by atoms with Gasteiger partial charge in [0, 0.05) is 29.7 Å². The van der Waals surface area contributed by atoms with Gasteiger partial charge in [0.1, 0.15) is 0 Å². The van der Waals surface area contributed by atoms with E-state index in [0.717, 1.165) is 0 Å². The van der Waals surface area contributed by atoms with Crippen LogP contribution in [0.1, 0.15) is 51.3 Å². The molecule has 0 radical (unpaired) electrons. The van der Waals surface area contributed by atoms with Crippen molar-refractivity contribution in [3.63, 3.8) is 0 Å². The predicted molar refractivity (Wildman–Crippen MR) is 193 cm³/mol. The van der Waals surface area contributed by atoms with Crippen LogP contribution >= 0.6 is 0 Å². The Kier molecular flexibility index (Phi) is 5.84. The van der Waals surface area contributed by atoms with E-state index in [1.807, 2.05) is 0 Å². The van der Waals surface area contributed by atoms with Crippen molar-refractivity contribution in [3.8, 4) is 55.9 Å². The Labute approximate surface area is 277 Å². The summed E-state index contributed by atoms with van der Waals surface area (Å²) in [6, 6.07) is 47.6. The van der Waals surface area contributed by atoms with E-state index in [0.29, 0.717) is 0 Å². The van der Waals surface area contributed by atoms with Crippen LogP contribution in [0.4, 0.5) is 0 Å². The van der Waals surface area contributed by atoms with Crippen LogP contribution in [0, 0.1) is 0 Å². The standard InChI is InChI=1S/C45H38N2/c1-44(2,3)32-22-24-47-42(26-32)38-25-31(29-13-7-6-8-14-29)19-20-34(38)36-28-40-37(27-39(36)41-17-11-12-23-46(41)47)35-21-18-30-15-9-10-16-33(30)43(35)45(40,4)5/h6-28H,1-5H3/q+2. The van der Waals surface area contributed by atoms with Gasteiger partial charge in [-0.15, -0.1) is 0 Å². The average Bonchev–Trinajstić information content (AvgIpc) is 3.32. The summed E-state index contributed by atoms with van der Waals surface area (Å²) in [6.45, 7) is 11.7. The van der Waals surface area contributed by atoms with Crippen molar-refractivity contribution in [3.05, 3.63) is 156 Å². The Morgan fingerprint density at radius 3 is 2.04 bits per heavy atom. The number of hydrogen-bond donors (Lipinski definition) is 0. The maximum atomic E-state index is 2.51. The lowest BCUT2D eigenvalue weighted by Gasteiger charge is -2.25. The number of aromatic nitrogens is 2. The summed E-state index contributed by atoms with van der Waals surface area (Å²) in [5, 5.41) is 2.64. The van der Waals surface area contributed by atoms with E-state index in [1.165, 1.54) is 83.4 Å². The molecule has 9 rings (SSSR count). The van der Waals surface area contributed by atoms with Crippen LogP contribution in [0.15, 0.2) is 140 Å². The van der Waals surface area contributed by atoms with Gasteiger partial charge in [0.2, 0.25) is 12.4 Å². The van der Waals surface area contributed by atoms with Crippen LogP contribution in [-0.2, 0) is 10.8 Å². The van der Waals surface area contributed by atoms with Crippen molar-refractivity contribution in [2.75, 3.05) is 0 Å². The van der Waals surface area contributed by atoms with Gasteiger partial charge in [0.15, 0.2) is 0 Å². The summed E-state index contributed by atoms with van der Waals surface area (Å²) in [4.78, 5) is 0. The lowest BCUT2D eigenvalue weighted by Crippen LogP contribution is -2.68. The number of pyridine rings is 2. The molecule has 2 heteroatoms. The van der Waals surface area contributed by atoms with Gasteiger partial charge in [-0.3, -0.25) is 0 Å². The van der Waals surface area contributed by atoms with Crippen LogP contribution < -0.4 is 9.35 Å². The molecule has 7 aromatic rings. The summed E-state index contributed by atoms with van der Waals surface area (Å²) in [5.74, 6) is 0. The second-order valence-corrected chi connectivity index (χ2v) is 14.7. The molecule has 226 valence electrons. The molecule has 3 heterocycles. The number of hydrogen-bond acceptors (Lipinski definition) is 0. The van der Waals surface area contributed by atoms with Crippen LogP contribution in [-0.4, -0.2) is 0 Å². The van der Waals surface area contributed by atoms with Crippen LogP contribution in [0.25, 0.3) is 66.7 Å². The monoisotopic (exact) mass is 606 g/mol. The van der Waals surface area contributed by atoms with Crippen molar-refractivity contribution in [2.45, 2.75) is 45.4 Å². The van der Waals surface area contributed by atoms with E-state index in [2.05, 4.69) is 184 Å². The van der Waals surface area contributed by atoms with E-state index in [-0.39, 0.29) is 10.8 Å². The van der Waals surface area contributed by atoms with Crippen molar-refractivity contribution >= 4 is 10.8 Å². The normalized spacial score (nSPS) is 13.8. The molecule has 5 aromatic carbocycles. The van der Waals surface area contributed by atoms with Gasteiger partial charge in [-0.1, -0.05) is 113 Å². The van der Waals surface area contributed by atoms with Crippen molar-refractivity contribution in [1.29, 1.82) is 0 Å². The molecule has 0 atom stereocenters. The second kappa shape index (κ2) is 9.83. The van der Waals surface area contributed by atoms with Crippen LogP contribution in [0.3, 0.4) is 0 Å². The zero-order chi connectivity index (χ0) is 32.1. The van der Waals surface area contributed by atoms with Gasteiger partial charge in [-0.25, -0.2) is 0 Å². The summed E-state index contributed by atoms with van der Waals surface area (Å²) in [5.41, 5.74) is 16.5. The Morgan fingerprint density at radius 1 is 0.489 bits per heavy atom. The molecule has 0 fully saturated rings. The summed E-state index contributed by atoms with van der Waals surface area (Å²) in [6.07, 6.45) is 4.45. The molecular formula is C45H38N2+2. The fraction of sp³-hybridized carbons (Fsp3) is 0.156. The highest BCUT2D eigenvalue weighted by molar-refractivity contribution is 6.01. The molecule has 0 saturated carbocycles. The lowest BCUT2D eigenvalue weighted by atomic mass is 9.78. The van der Waals surface area contributed by atoms with Gasteiger partial charge < -0.3 is 0 Å². The molecule has 0 unspecified atom stereocenters. The SMILES string of the molecule is CC(C)(C)c1cc[n+]2c(c1)-c1cc(-c3ccccc3)ccc1-c1cc3c(cc1-c1cccc[n+]1-2)-c1ccc2ccccc2c1C3(C)C. The Morgan fingerprint density at radius 2 is 1.21 bits per heavy atom. The fourth-order valence-corrected chi connectivity index (χ4v) is 8.06. The molecule has 0 amide bonds. The van der Waals surface area contributed by atoms with Crippen molar-refractivity contribution in [2.24, 2.45) is 0 Å². The van der Waals surface area contributed by atoms with Gasteiger partial charge in [-0.2, -0.15) is 0 Å². The van der Waals surface area contributed by atoms with E-state index < -0.39 is 0 Å². The highest BCUT2D eigenvalue weighted by Crippen LogP contribution is 2.54. The molecule has 2 aromatic heterocycles. The minimum Gasteiger partial charge on any atom is -0.0622 e. The second-order valence-electron chi connectivity index (χ2n) is 14.7. The zero-order valence-electron chi connectivity index (χ0n) is 27.7. The highest BCUT2D eigenvalue weighted by atomic mass is 15.4. The molecule has 2 aliphatic rings. The number of nitrogens with zero attached hydrogens (tertiary/aromatic N) is 2. The highest BCUT2D eigenvalue weighted by Gasteiger charge is 2.41. The molecule has 0 spiro atoms. The minimum atomic E-state index is -0.147. The minimum absolute atomic E-state index is 0.0106. The van der Waals surface area contributed by atoms with Gasteiger partial charge in [0.25, 0.3) is 11.4 Å². The number of benzene rings is 5. The molecule has 1 aliphatic carbocycles. The Hall–Kier alpha value is -5.34. The van der Waals surface area contributed by atoms with Gasteiger partial charge in [0.05, 0.1) is 20.5 Å². The summed E-state index contributed by atoms with van der Waals surface area (Å²) < 4.78 is 4.66. The number of rotatable bonds is 1. The molecular weight excluding hydrogens is 569 g/mol. The first-order chi connectivity index (χ1) is 22.7. The van der Waals surface area contributed by atoms with Gasteiger partial charge in [-0.05, 0) is 90.5 Å². The molecule has 0 saturated heterocycles. The Bertz CT molecular complexity index is 2410. The topological polar surface area (TPSA) is 7.76 Å². The quantitative estimate of drug-likeness (QED) is 0.164. The van der Waals surface area contributed by atoms with E-state index >= 15 is 0 Å². The third-order valence-corrected chi connectivity index (χ3v) is 10.5. The zero-order valence-corrected chi connectivity index (χ0v) is 27.7. The summed E-state index contributed by atoms with van der Waals surface area (Å²) in [7, 11) is 0. The molecule has 1 aliphatic heterocycles. The maximum absolute atomic E-state index is 2.51. The third kappa shape index (κ3) is 4.11. The molecule has 0 N–H and O–H groups in total. The smallest absolute Gasteiger partial charge is 0.0622 e. The van der Waals surface area contributed by atoms with E-state index in [9.17, 15) is 0 Å². The first kappa shape index (κ1) is 27.9. The average molecular weight is 607 g/mol. The largest absolute Gasteiger partial charge is 0.285 e. The first-order valence-electron chi connectivity index (χ1n) is 16.7. The number of fused-ring (bicyclic) bond motifs is 13. The first-order valence-corrected chi connectivity index (χ1v) is 16.7. The van der Waals surface area contributed by atoms with E-state index in [4.69, 9.17) is 0 Å². The molecule has 0 bridgehead atoms. The van der Waals surface area contributed by atoms with Crippen molar-refractivity contribution < 1.29 is 9.35 Å². The molecule has 47 heavy (non-hydrogen) atoms. The Balaban J connectivity index is 1.40. The van der Waals surface area contributed by atoms with Crippen molar-refractivity contribution in [1.82, 2.24) is 0 Å². The lowest BCUT2D eigenvalue weighted by molar-refractivity contribution is -1.29. The fourth-order valence-electron chi connectivity index (χ4n) is 8.06.